The maximum Gasteiger partial charge on any atom is 0.329 e. The van der Waals surface area contributed by atoms with E-state index in [4.69, 9.17) is 0 Å². The van der Waals surface area contributed by atoms with Gasteiger partial charge in [0.1, 0.15) is 5.54 Å². The van der Waals surface area contributed by atoms with E-state index in [0.717, 1.165) is 29.4 Å². The molecule has 3 rings (SSSR count). The summed E-state index contributed by atoms with van der Waals surface area (Å²) in [5.41, 5.74) is -0.148. The molecule has 0 atom stereocenters. The second kappa shape index (κ2) is 6.76. The van der Waals surface area contributed by atoms with Gasteiger partial charge in [0.15, 0.2) is 5.69 Å². The van der Waals surface area contributed by atoms with E-state index in [1.165, 1.54) is 0 Å². The Bertz CT molecular complexity index is 766. The van der Waals surface area contributed by atoms with Crippen LogP contribution in [0.4, 0.5) is 0 Å². The molecule has 1 aromatic heterocycles. The lowest BCUT2D eigenvalue weighted by molar-refractivity contribution is -0.145. The third-order valence-electron chi connectivity index (χ3n) is 4.36. The highest BCUT2D eigenvalue weighted by Crippen LogP contribution is 2.28. The van der Waals surface area contributed by atoms with Gasteiger partial charge in [0, 0.05) is 10.7 Å². The van der Waals surface area contributed by atoms with Crippen molar-refractivity contribution >= 4 is 27.8 Å². The summed E-state index contributed by atoms with van der Waals surface area (Å²) >= 11 is 3.40. The SMILES string of the molecule is O=C(NC1(C(=O)O)CCCCC1)c1ccn(-c2cccc(Br)c2)n1. The molecular formula is C17H18BrN3O3. The van der Waals surface area contributed by atoms with Crippen molar-refractivity contribution in [3.63, 3.8) is 0 Å². The number of carboxylic acids is 1. The lowest BCUT2D eigenvalue weighted by Gasteiger charge is -2.33. The Morgan fingerprint density at radius 1 is 1.21 bits per heavy atom. The van der Waals surface area contributed by atoms with Crippen LogP contribution in [0.5, 0.6) is 0 Å². The van der Waals surface area contributed by atoms with Gasteiger partial charge in [-0.15, -0.1) is 0 Å². The molecule has 126 valence electrons. The molecule has 0 radical (unpaired) electrons. The molecule has 1 aliphatic rings. The molecule has 2 aromatic rings. The predicted octanol–water partition coefficient (Wildman–Crippen LogP) is 3.15. The fourth-order valence-electron chi connectivity index (χ4n) is 3.04. The molecule has 7 heteroatoms. The minimum atomic E-state index is -1.17. The highest BCUT2D eigenvalue weighted by atomic mass is 79.9. The molecule has 1 heterocycles. The number of carbonyl (C=O) groups excluding carboxylic acids is 1. The lowest BCUT2D eigenvalue weighted by Crippen LogP contribution is -2.55. The quantitative estimate of drug-likeness (QED) is 0.837. The van der Waals surface area contributed by atoms with Crippen LogP contribution >= 0.6 is 15.9 Å². The first-order valence-electron chi connectivity index (χ1n) is 7.88. The van der Waals surface area contributed by atoms with Crippen molar-refractivity contribution in [2.45, 2.75) is 37.6 Å². The van der Waals surface area contributed by atoms with Crippen LogP contribution in [0.15, 0.2) is 41.0 Å². The van der Waals surface area contributed by atoms with E-state index in [0.29, 0.717) is 12.8 Å². The van der Waals surface area contributed by atoms with Crippen LogP contribution in [0.1, 0.15) is 42.6 Å². The Morgan fingerprint density at radius 3 is 2.62 bits per heavy atom. The Hall–Kier alpha value is -2.15. The van der Waals surface area contributed by atoms with Crippen molar-refractivity contribution in [2.75, 3.05) is 0 Å². The second-order valence-electron chi connectivity index (χ2n) is 6.03. The van der Waals surface area contributed by atoms with E-state index in [-0.39, 0.29) is 5.69 Å². The number of aromatic nitrogens is 2. The molecule has 6 nitrogen and oxygen atoms in total. The number of carbonyl (C=O) groups is 2. The second-order valence-corrected chi connectivity index (χ2v) is 6.94. The van der Waals surface area contributed by atoms with Gasteiger partial charge < -0.3 is 10.4 Å². The molecule has 24 heavy (non-hydrogen) atoms. The predicted molar refractivity (Wildman–Crippen MR) is 92.2 cm³/mol. The van der Waals surface area contributed by atoms with Crippen molar-refractivity contribution in [1.82, 2.24) is 15.1 Å². The molecule has 1 aromatic carbocycles. The molecule has 2 N–H and O–H groups in total. The van der Waals surface area contributed by atoms with Gasteiger partial charge >= 0.3 is 5.97 Å². The van der Waals surface area contributed by atoms with E-state index in [9.17, 15) is 14.7 Å². The van der Waals surface area contributed by atoms with Crippen LogP contribution in [-0.2, 0) is 4.79 Å². The summed E-state index contributed by atoms with van der Waals surface area (Å²) in [6.45, 7) is 0. The molecule has 1 amide bonds. The zero-order valence-electron chi connectivity index (χ0n) is 13.0. The number of nitrogens with one attached hydrogen (secondary N) is 1. The smallest absolute Gasteiger partial charge is 0.329 e. The van der Waals surface area contributed by atoms with E-state index >= 15 is 0 Å². The van der Waals surface area contributed by atoms with E-state index in [1.54, 1.807) is 16.9 Å². The fraction of sp³-hybridized carbons (Fsp3) is 0.353. The number of halogens is 1. The number of hydrogen-bond donors (Lipinski definition) is 2. The zero-order chi connectivity index (χ0) is 17.2. The van der Waals surface area contributed by atoms with Crippen molar-refractivity contribution in [2.24, 2.45) is 0 Å². The molecule has 0 spiro atoms. The van der Waals surface area contributed by atoms with Crippen LogP contribution in [0.25, 0.3) is 5.69 Å². The van der Waals surface area contributed by atoms with Gasteiger partial charge in [0.05, 0.1) is 5.69 Å². The minimum Gasteiger partial charge on any atom is -0.480 e. The minimum absolute atomic E-state index is 0.209. The summed E-state index contributed by atoms with van der Waals surface area (Å²) in [5.74, 6) is -1.42. The third kappa shape index (κ3) is 3.36. The Kier molecular flexibility index (Phi) is 4.71. The first kappa shape index (κ1) is 16.7. The standard InChI is InChI=1S/C17H18BrN3O3/c18-12-5-4-6-13(11-12)21-10-7-14(20-21)15(22)19-17(16(23)24)8-2-1-3-9-17/h4-7,10-11H,1-3,8-9H2,(H,19,22)(H,23,24). The van der Waals surface area contributed by atoms with Gasteiger partial charge in [0.2, 0.25) is 0 Å². The molecule has 0 saturated heterocycles. The van der Waals surface area contributed by atoms with Gasteiger partial charge in [-0.1, -0.05) is 41.3 Å². The Labute approximate surface area is 148 Å². The molecule has 0 bridgehead atoms. The molecule has 0 aliphatic heterocycles. The highest BCUT2D eigenvalue weighted by molar-refractivity contribution is 9.10. The Morgan fingerprint density at radius 2 is 1.96 bits per heavy atom. The van der Waals surface area contributed by atoms with Gasteiger partial charge in [-0.05, 0) is 37.1 Å². The summed E-state index contributed by atoms with van der Waals surface area (Å²) in [6.07, 6.45) is 5.21. The van der Waals surface area contributed by atoms with Crippen molar-refractivity contribution < 1.29 is 14.7 Å². The number of nitrogens with zero attached hydrogens (tertiary/aromatic N) is 2. The summed E-state index contributed by atoms with van der Waals surface area (Å²) in [7, 11) is 0. The summed E-state index contributed by atoms with van der Waals surface area (Å²) in [5, 5.41) is 16.5. The molecular weight excluding hydrogens is 374 g/mol. The number of aliphatic carboxylic acids is 1. The average molecular weight is 392 g/mol. The van der Waals surface area contributed by atoms with Gasteiger partial charge in [-0.2, -0.15) is 5.10 Å². The lowest BCUT2D eigenvalue weighted by atomic mass is 9.81. The van der Waals surface area contributed by atoms with Crippen LogP contribution < -0.4 is 5.32 Å². The van der Waals surface area contributed by atoms with Crippen molar-refractivity contribution in [3.05, 3.63) is 46.7 Å². The van der Waals surface area contributed by atoms with E-state index in [1.807, 2.05) is 24.3 Å². The normalized spacial score (nSPS) is 16.5. The van der Waals surface area contributed by atoms with E-state index in [2.05, 4.69) is 26.3 Å². The summed E-state index contributed by atoms with van der Waals surface area (Å²) in [4.78, 5) is 24.1. The number of benzene rings is 1. The topological polar surface area (TPSA) is 84.2 Å². The summed E-state index contributed by atoms with van der Waals surface area (Å²) < 4.78 is 2.50. The monoisotopic (exact) mass is 391 g/mol. The largest absolute Gasteiger partial charge is 0.480 e. The van der Waals surface area contributed by atoms with Crippen LogP contribution in [0.3, 0.4) is 0 Å². The van der Waals surface area contributed by atoms with Crippen molar-refractivity contribution in [1.29, 1.82) is 0 Å². The fourth-order valence-corrected chi connectivity index (χ4v) is 3.42. The Balaban J connectivity index is 1.79. The number of amides is 1. The van der Waals surface area contributed by atoms with Crippen LogP contribution in [0.2, 0.25) is 0 Å². The first-order valence-corrected chi connectivity index (χ1v) is 8.67. The molecule has 1 fully saturated rings. The van der Waals surface area contributed by atoms with Gasteiger partial charge in [-0.25, -0.2) is 9.48 Å². The van der Waals surface area contributed by atoms with Crippen LogP contribution in [0, 0.1) is 0 Å². The average Bonchev–Trinajstić information content (AvgIpc) is 3.06. The van der Waals surface area contributed by atoms with E-state index < -0.39 is 17.4 Å². The highest BCUT2D eigenvalue weighted by Gasteiger charge is 2.41. The number of rotatable bonds is 4. The van der Waals surface area contributed by atoms with Gasteiger partial charge in [-0.3, -0.25) is 4.79 Å². The molecule has 1 saturated carbocycles. The third-order valence-corrected chi connectivity index (χ3v) is 4.86. The molecule has 1 aliphatic carbocycles. The molecule has 0 unspecified atom stereocenters. The number of carboxylic acid groups (broad SMARTS) is 1. The zero-order valence-corrected chi connectivity index (χ0v) is 14.6. The first-order chi connectivity index (χ1) is 11.5. The summed E-state index contributed by atoms with van der Waals surface area (Å²) in [6, 6.07) is 9.13. The van der Waals surface area contributed by atoms with Crippen LogP contribution in [-0.4, -0.2) is 32.3 Å². The van der Waals surface area contributed by atoms with Crippen molar-refractivity contribution in [3.8, 4) is 5.69 Å². The van der Waals surface area contributed by atoms with Gasteiger partial charge in [0.25, 0.3) is 5.91 Å². The number of hydrogen-bond acceptors (Lipinski definition) is 3. The maximum atomic E-state index is 12.5. The maximum absolute atomic E-state index is 12.5.